The highest BCUT2D eigenvalue weighted by atomic mass is 31.0. The molecule has 2 nitrogen and oxygen atoms in total. The SMILES string of the molecule is CNC(C)(P)C(C)(N)C(C)C. The monoisotopic (exact) mass is 176 g/mol. The molecule has 3 N–H and O–H groups in total. The van der Waals surface area contributed by atoms with Crippen molar-refractivity contribution in [2.45, 2.75) is 38.5 Å². The maximum Gasteiger partial charge on any atom is 0.0473 e. The van der Waals surface area contributed by atoms with Gasteiger partial charge in [-0.1, -0.05) is 13.8 Å². The summed E-state index contributed by atoms with van der Waals surface area (Å²) >= 11 is 0. The van der Waals surface area contributed by atoms with Crippen LogP contribution in [0.4, 0.5) is 0 Å². The molecule has 0 heterocycles. The Labute approximate surface area is 72.5 Å². The van der Waals surface area contributed by atoms with E-state index in [1.165, 1.54) is 0 Å². The lowest BCUT2D eigenvalue weighted by Crippen LogP contribution is -2.62. The lowest BCUT2D eigenvalue weighted by atomic mass is 9.82. The molecule has 0 saturated heterocycles. The van der Waals surface area contributed by atoms with E-state index < -0.39 is 0 Å². The maximum atomic E-state index is 6.16. The molecule has 0 radical (unpaired) electrons. The largest absolute Gasteiger partial charge is 0.323 e. The highest BCUT2D eigenvalue weighted by molar-refractivity contribution is 7.19. The van der Waals surface area contributed by atoms with E-state index in [-0.39, 0.29) is 10.8 Å². The van der Waals surface area contributed by atoms with Gasteiger partial charge in [-0.05, 0) is 26.8 Å². The van der Waals surface area contributed by atoms with E-state index in [0.29, 0.717) is 5.92 Å². The van der Waals surface area contributed by atoms with E-state index >= 15 is 0 Å². The van der Waals surface area contributed by atoms with Crippen LogP contribution in [0.2, 0.25) is 0 Å². The van der Waals surface area contributed by atoms with Crippen LogP contribution >= 0.6 is 9.24 Å². The first-order valence-corrected chi connectivity index (χ1v) is 4.60. The van der Waals surface area contributed by atoms with Crippen LogP contribution in [0.3, 0.4) is 0 Å². The summed E-state index contributed by atoms with van der Waals surface area (Å²) in [5.41, 5.74) is 5.96. The van der Waals surface area contributed by atoms with E-state index in [1.54, 1.807) is 0 Å². The summed E-state index contributed by atoms with van der Waals surface area (Å²) in [5.74, 6) is 0.456. The molecule has 0 spiro atoms. The molecule has 11 heavy (non-hydrogen) atoms. The van der Waals surface area contributed by atoms with Crippen LogP contribution in [-0.4, -0.2) is 17.9 Å². The van der Waals surface area contributed by atoms with Crippen molar-refractivity contribution in [2.75, 3.05) is 7.05 Å². The Morgan fingerprint density at radius 3 is 1.82 bits per heavy atom. The first kappa shape index (κ1) is 11.4. The van der Waals surface area contributed by atoms with Gasteiger partial charge in [-0.15, -0.1) is 9.24 Å². The van der Waals surface area contributed by atoms with Gasteiger partial charge in [0.15, 0.2) is 0 Å². The van der Waals surface area contributed by atoms with Crippen molar-refractivity contribution in [3.63, 3.8) is 0 Å². The molecule has 68 valence electrons. The fraction of sp³-hybridized carbons (Fsp3) is 1.00. The highest BCUT2D eigenvalue weighted by Gasteiger charge is 2.38. The van der Waals surface area contributed by atoms with Crippen molar-refractivity contribution < 1.29 is 0 Å². The smallest absolute Gasteiger partial charge is 0.0473 e. The molecular formula is C8H21N2P. The van der Waals surface area contributed by atoms with Gasteiger partial charge in [0.05, 0.1) is 0 Å². The number of rotatable bonds is 3. The fourth-order valence-corrected chi connectivity index (χ4v) is 1.20. The molecule has 0 saturated carbocycles. The Morgan fingerprint density at radius 2 is 1.73 bits per heavy atom. The first-order chi connectivity index (χ1) is 4.75. The van der Waals surface area contributed by atoms with E-state index in [0.717, 1.165) is 0 Å². The number of likely N-dealkylation sites (N-methyl/N-ethyl adjacent to an activating group) is 1. The van der Waals surface area contributed by atoms with Crippen LogP contribution in [0.15, 0.2) is 0 Å². The van der Waals surface area contributed by atoms with Crippen molar-refractivity contribution in [2.24, 2.45) is 11.7 Å². The Balaban J connectivity index is 4.53. The van der Waals surface area contributed by atoms with Gasteiger partial charge < -0.3 is 11.1 Å². The topological polar surface area (TPSA) is 38.0 Å². The lowest BCUT2D eigenvalue weighted by Gasteiger charge is -2.44. The average molecular weight is 176 g/mol. The molecule has 0 aromatic rings. The zero-order valence-corrected chi connectivity index (χ0v) is 9.39. The van der Waals surface area contributed by atoms with E-state index in [4.69, 9.17) is 5.73 Å². The standard InChI is InChI=1S/C8H21N2P/c1-6(2)7(3,9)8(4,11)10-5/h6,10H,9,11H2,1-5H3. The number of nitrogens with two attached hydrogens (primary N) is 1. The van der Waals surface area contributed by atoms with Crippen LogP contribution in [0.1, 0.15) is 27.7 Å². The minimum Gasteiger partial charge on any atom is -0.323 e. The van der Waals surface area contributed by atoms with Crippen molar-refractivity contribution >= 4 is 9.24 Å². The lowest BCUT2D eigenvalue weighted by molar-refractivity contribution is 0.238. The molecule has 0 amide bonds. The predicted octanol–water partition coefficient (Wildman–Crippen LogP) is 1.17. The van der Waals surface area contributed by atoms with E-state index in [1.807, 2.05) is 7.05 Å². The normalized spacial score (nSPS) is 22.9. The quantitative estimate of drug-likeness (QED) is 0.633. The van der Waals surface area contributed by atoms with Crippen molar-refractivity contribution in [1.29, 1.82) is 0 Å². The Kier molecular flexibility index (Phi) is 3.49. The van der Waals surface area contributed by atoms with Crippen LogP contribution < -0.4 is 11.1 Å². The van der Waals surface area contributed by atoms with Gasteiger partial charge in [0.25, 0.3) is 0 Å². The summed E-state index contributed by atoms with van der Waals surface area (Å²) in [7, 11) is 4.70. The Hall–Kier alpha value is 0.350. The summed E-state index contributed by atoms with van der Waals surface area (Å²) in [6.07, 6.45) is 0. The molecule has 3 unspecified atom stereocenters. The van der Waals surface area contributed by atoms with Gasteiger partial charge in [-0.25, -0.2) is 0 Å². The average Bonchev–Trinajstić information content (AvgIpc) is 1.87. The minimum atomic E-state index is -0.202. The zero-order valence-electron chi connectivity index (χ0n) is 8.23. The Bertz CT molecular complexity index is 130. The number of hydrogen-bond acceptors (Lipinski definition) is 2. The van der Waals surface area contributed by atoms with Gasteiger partial charge in [-0.3, -0.25) is 0 Å². The molecule has 0 aliphatic heterocycles. The molecule has 0 rings (SSSR count). The van der Waals surface area contributed by atoms with Gasteiger partial charge >= 0.3 is 0 Å². The van der Waals surface area contributed by atoms with Crippen LogP contribution in [0.25, 0.3) is 0 Å². The molecule has 0 bridgehead atoms. The van der Waals surface area contributed by atoms with Crippen molar-refractivity contribution in [1.82, 2.24) is 5.32 Å². The first-order valence-electron chi connectivity index (χ1n) is 4.02. The molecule has 0 aromatic carbocycles. The summed E-state index contributed by atoms with van der Waals surface area (Å²) in [5, 5.41) is 3.10. The van der Waals surface area contributed by atoms with Gasteiger partial charge in [-0.2, -0.15) is 0 Å². The molecule has 3 heteroatoms. The second-order valence-corrected chi connectivity index (χ2v) is 5.04. The third kappa shape index (κ3) is 2.14. The zero-order chi connectivity index (χ0) is 9.28. The third-order valence-corrected chi connectivity index (χ3v) is 3.75. The van der Waals surface area contributed by atoms with Crippen LogP contribution in [-0.2, 0) is 0 Å². The summed E-state index contributed by atoms with van der Waals surface area (Å²) in [4.78, 5) is 0. The molecule has 0 aliphatic rings. The number of nitrogens with one attached hydrogen (secondary N) is 1. The predicted molar refractivity (Wildman–Crippen MR) is 54.6 cm³/mol. The Morgan fingerprint density at radius 1 is 1.36 bits per heavy atom. The second-order valence-electron chi connectivity index (χ2n) is 3.89. The van der Waals surface area contributed by atoms with Crippen LogP contribution in [0.5, 0.6) is 0 Å². The summed E-state index contributed by atoms with van der Waals surface area (Å²) in [6.45, 7) is 8.44. The molecular weight excluding hydrogens is 155 g/mol. The summed E-state index contributed by atoms with van der Waals surface area (Å²) in [6, 6.07) is 0. The van der Waals surface area contributed by atoms with Crippen molar-refractivity contribution in [3.05, 3.63) is 0 Å². The third-order valence-electron chi connectivity index (χ3n) is 2.84. The molecule has 3 atom stereocenters. The highest BCUT2D eigenvalue weighted by Crippen LogP contribution is 2.31. The maximum absolute atomic E-state index is 6.16. The van der Waals surface area contributed by atoms with Crippen molar-refractivity contribution in [3.8, 4) is 0 Å². The molecule has 0 aliphatic carbocycles. The summed E-state index contributed by atoms with van der Waals surface area (Å²) < 4.78 is 0. The van der Waals surface area contributed by atoms with Gasteiger partial charge in [0, 0.05) is 10.8 Å². The van der Waals surface area contributed by atoms with E-state index in [9.17, 15) is 0 Å². The fourth-order valence-electron chi connectivity index (χ4n) is 0.869. The van der Waals surface area contributed by atoms with Gasteiger partial charge in [0.1, 0.15) is 0 Å². The minimum absolute atomic E-state index is 0.0961. The number of hydrogen-bond donors (Lipinski definition) is 2. The van der Waals surface area contributed by atoms with E-state index in [2.05, 4.69) is 42.3 Å². The van der Waals surface area contributed by atoms with Crippen LogP contribution in [0, 0.1) is 5.92 Å². The second kappa shape index (κ2) is 3.38. The molecule has 0 fully saturated rings. The van der Waals surface area contributed by atoms with Gasteiger partial charge in [0.2, 0.25) is 0 Å². The molecule has 0 aromatic heterocycles.